The summed E-state index contributed by atoms with van der Waals surface area (Å²) in [5.41, 5.74) is 0.945. The van der Waals surface area contributed by atoms with Gasteiger partial charge in [-0.15, -0.1) is 0 Å². The molecule has 2 amide bonds. The normalized spacial score (nSPS) is 21.8. The monoisotopic (exact) mass is 363 g/mol. The largest absolute Gasteiger partial charge is 0.379 e. The molecule has 6 heteroatoms. The Balaban J connectivity index is 1.56. The summed E-state index contributed by atoms with van der Waals surface area (Å²) in [4.78, 5) is 14.9. The highest BCUT2D eigenvalue weighted by atomic mass is 19.1. The van der Waals surface area contributed by atoms with Gasteiger partial charge < -0.3 is 15.4 Å². The average molecular weight is 363 g/mol. The Morgan fingerprint density at radius 3 is 2.50 bits per heavy atom. The van der Waals surface area contributed by atoms with Crippen molar-refractivity contribution in [1.82, 2.24) is 15.5 Å². The van der Waals surface area contributed by atoms with E-state index in [2.05, 4.69) is 15.5 Å². The number of benzene rings is 1. The Bertz CT molecular complexity index is 581. The van der Waals surface area contributed by atoms with Gasteiger partial charge in [0.15, 0.2) is 0 Å². The zero-order valence-corrected chi connectivity index (χ0v) is 15.6. The molecule has 1 aromatic carbocycles. The van der Waals surface area contributed by atoms with Crippen LogP contribution >= 0.6 is 0 Å². The molecule has 5 nitrogen and oxygen atoms in total. The van der Waals surface area contributed by atoms with E-state index in [1.165, 1.54) is 31.4 Å². The molecule has 1 unspecified atom stereocenters. The van der Waals surface area contributed by atoms with Gasteiger partial charge >= 0.3 is 6.03 Å². The van der Waals surface area contributed by atoms with E-state index in [1.54, 1.807) is 12.1 Å². The van der Waals surface area contributed by atoms with E-state index >= 15 is 0 Å². The number of hydrogen-bond donors (Lipinski definition) is 2. The molecule has 1 aliphatic carbocycles. The zero-order valence-electron chi connectivity index (χ0n) is 15.6. The molecule has 1 heterocycles. The summed E-state index contributed by atoms with van der Waals surface area (Å²) >= 11 is 0. The first-order chi connectivity index (χ1) is 12.6. The second-order valence-electron chi connectivity index (χ2n) is 7.48. The Morgan fingerprint density at radius 2 is 1.85 bits per heavy atom. The second-order valence-corrected chi connectivity index (χ2v) is 7.48. The number of amides is 2. The van der Waals surface area contributed by atoms with Crippen LogP contribution in [0.5, 0.6) is 0 Å². The van der Waals surface area contributed by atoms with Gasteiger partial charge in [-0.3, -0.25) is 4.90 Å². The standard InChI is InChI=1S/C20H30FN3O2/c1-16(17-5-7-18(21)8-6-17)23-19(25)22-15-20(9-3-2-4-10-20)24-11-13-26-14-12-24/h5-8,16H,2-4,9-15H2,1H3,(H2,22,23,25). The van der Waals surface area contributed by atoms with Gasteiger partial charge in [-0.05, 0) is 37.5 Å². The third-order valence-corrected chi connectivity index (χ3v) is 5.76. The van der Waals surface area contributed by atoms with Gasteiger partial charge in [-0.2, -0.15) is 0 Å². The third kappa shape index (κ3) is 4.74. The predicted octanol–water partition coefficient (Wildman–Crippen LogP) is 3.22. The maximum Gasteiger partial charge on any atom is 0.315 e. The van der Waals surface area contributed by atoms with E-state index in [-0.39, 0.29) is 23.4 Å². The summed E-state index contributed by atoms with van der Waals surface area (Å²) in [5.74, 6) is -0.268. The summed E-state index contributed by atoms with van der Waals surface area (Å²) in [6.45, 7) is 6.00. The lowest BCUT2D eigenvalue weighted by Gasteiger charge is -2.48. The van der Waals surface area contributed by atoms with Crippen LogP contribution < -0.4 is 10.6 Å². The van der Waals surface area contributed by atoms with Crippen molar-refractivity contribution < 1.29 is 13.9 Å². The van der Waals surface area contributed by atoms with E-state index in [0.717, 1.165) is 44.7 Å². The maximum absolute atomic E-state index is 13.0. The van der Waals surface area contributed by atoms with Crippen LogP contribution in [0.15, 0.2) is 24.3 Å². The number of carbonyl (C=O) groups is 1. The van der Waals surface area contributed by atoms with Crippen LogP contribution in [0.2, 0.25) is 0 Å². The molecule has 1 aromatic rings. The molecule has 2 fully saturated rings. The summed E-state index contributed by atoms with van der Waals surface area (Å²) in [6, 6.07) is 5.91. The number of halogens is 1. The van der Waals surface area contributed by atoms with E-state index in [1.807, 2.05) is 6.92 Å². The molecule has 1 saturated heterocycles. The number of nitrogens with zero attached hydrogens (tertiary/aromatic N) is 1. The third-order valence-electron chi connectivity index (χ3n) is 5.76. The summed E-state index contributed by atoms with van der Waals surface area (Å²) in [5, 5.41) is 6.06. The van der Waals surface area contributed by atoms with E-state index < -0.39 is 0 Å². The highest BCUT2D eigenvalue weighted by Crippen LogP contribution is 2.33. The molecule has 0 radical (unpaired) electrons. The Hall–Kier alpha value is -1.66. The molecule has 0 bridgehead atoms. The number of carbonyl (C=O) groups excluding carboxylic acids is 1. The van der Waals surface area contributed by atoms with Gasteiger partial charge in [0.05, 0.1) is 19.3 Å². The van der Waals surface area contributed by atoms with Crippen molar-refractivity contribution in [1.29, 1.82) is 0 Å². The van der Waals surface area contributed by atoms with Crippen molar-refractivity contribution in [3.05, 3.63) is 35.6 Å². The summed E-state index contributed by atoms with van der Waals surface area (Å²) < 4.78 is 18.5. The molecule has 26 heavy (non-hydrogen) atoms. The molecule has 0 spiro atoms. The smallest absolute Gasteiger partial charge is 0.315 e. The minimum Gasteiger partial charge on any atom is -0.379 e. The van der Waals surface area contributed by atoms with Crippen LogP contribution in [0.25, 0.3) is 0 Å². The molecular formula is C20H30FN3O2. The first-order valence-electron chi connectivity index (χ1n) is 9.72. The van der Waals surface area contributed by atoms with Crippen LogP contribution in [-0.4, -0.2) is 49.3 Å². The van der Waals surface area contributed by atoms with Gasteiger partial charge in [0.2, 0.25) is 0 Å². The quantitative estimate of drug-likeness (QED) is 0.845. The van der Waals surface area contributed by atoms with Crippen LogP contribution in [0.1, 0.15) is 50.6 Å². The molecule has 1 saturated carbocycles. The average Bonchev–Trinajstić information content (AvgIpc) is 2.68. The number of morpholine rings is 1. The molecule has 0 aromatic heterocycles. The maximum atomic E-state index is 13.0. The fraction of sp³-hybridized carbons (Fsp3) is 0.650. The van der Waals surface area contributed by atoms with Gasteiger partial charge in [0.1, 0.15) is 5.82 Å². The second kappa shape index (κ2) is 8.82. The molecule has 1 aliphatic heterocycles. The van der Waals surface area contributed by atoms with Crippen LogP contribution in [0.4, 0.5) is 9.18 Å². The van der Waals surface area contributed by atoms with Crippen LogP contribution in [-0.2, 0) is 4.74 Å². The minimum absolute atomic E-state index is 0.0541. The molecule has 2 N–H and O–H groups in total. The van der Waals surface area contributed by atoms with Crippen molar-refractivity contribution in [2.45, 2.75) is 50.6 Å². The number of hydrogen-bond acceptors (Lipinski definition) is 3. The van der Waals surface area contributed by atoms with Crippen molar-refractivity contribution in [3.63, 3.8) is 0 Å². The van der Waals surface area contributed by atoms with Gasteiger partial charge in [-0.1, -0.05) is 31.4 Å². The Kier molecular flexibility index (Phi) is 6.48. The fourth-order valence-corrected chi connectivity index (χ4v) is 4.18. The molecule has 1 atom stereocenters. The lowest BCUT2D eigenvalue weighted by atomic mass is 9.80. The van der Waals surface area contributed by atoms with Crippen molar-refractivity contribution in [2.24, 2.45) is 0 Å². The van der Waals surface area contributed by atoms with Crippen LogP contribution in [0, 0.1) is 5.82 Å². The van der Waals surface area contributed by atoms with E-state index in [0.29, 0.717) is 6.54 Å². The number of nitrogens with one attached hydrogen (secondary N) is 2. The van der Waals surface area contributed by atoms with Gasteiger partial charge in [0, 0.05) is 25.2 Å². The van der Waals surface area contributed by atoms with Crippen LogP contribution in [0.3, 0.4) is 0 Å². The van der Waals surface area contributed by atoms with Gasteiger partial charge in [-0.25, -0.2) is 9.18 Å². The zero-order chi connectivity index (χ0) is 18.4. The fourth-order valence-electron chi connectivity index (χ4n) is 4.18. The Labute approximate surface area is 155 Å². The summed E-state index contributed by atoms with van der Waals surface area (Å²) in [6.07, 6.45) is 5.96. The highest BCUT2D eigenvalue weighted by molar-refractivity contribution is 5.74. The molecule has 144 valence electrons. The molecule has 2 aliphatic rings. The number of urea groups is 1. The first kappa shape index (κ1) is 19.1. The van der Waals surface area contributed by atoms with Crippen molar-refractivity contribution in [3.8, 4) is 0 Å². The highest BCUT2D eigenvalue weighted by Gasteiger charge is 2.38. The predicted molar refractivity (Wildman–Crippen MR) is 99.6 cm³/mol. The lowest BCUT2D eigenvalue weighted by Crippen LogP contribution is -2.60. The Morgan fingerprint density at radius 1 is 1.19 bits per heavy atom. The van der Waals surface area contributed by atoms with E-state index in [4.69, 9.17) is 4.74 Å². The SMILES string of the molecule is CC(NC(=O)NCC1(N2CCOCC2)CCCCC1)c1ccc(F)cc1. The first-order valence-corrected chi connectivity index (χ1v) is 9.72. The van der Waals surface area contributed by atoms with Crippen molar-refractivity contribution >= 4 is 6.03 Å². The molecule has 3 rings (SSSR count). The topological polar surface area (TPSA) is 53.6 Å². The molecular weight excluding hydrogens is 333 g/mol. The van der Waals surface area contributed by atoms with Gasteiger partial charge in [0.25, 0.3) is 0 Å². The lowest BCUT2D eigenvalue weighted by molar-refractivity contribution is -0.0357. The van der Waals surface area contributed by atoms with Crippen molar-refractivity contribution in [2.75, 3.05) is 32.8 Å². The summed E-state index contributed by atoms with van der Waals surface area (Å²) in [7, 11) is 0. The number of rotatable bonds is 5. The number of ether oxygens (including phenoxy) is 1. The minimum atomic E-state index is -0.268. The van der Waals surface area contributed by atoms with E-state index in [9.17, 15) is 9.18 Å².